The molecule has 1 amide bonds. The van der Waals surface area contributed by atoms with Crippen LogP contribution in [0.3, 0.4) is 0 Å². The molecule has 1 atom stereocenters. The summed E-state index contributed by atoms with van der Waals surface area (Å²) in [6.45, 7) is 3.67. The van der Waals surface area contributed by atoms with Crippen molar-refractivity contribution in [2.75, 3.05) is 19.0 Å². The number of nitriles is 1. The van der Waals surface area contributed by atoms with Crippen LogP contribution in [0.4, 0.5) is 5.69 Å². The average Bonchev–Trinajstić information content (AvgIpc) is 2.68. The molecule has 7 nitrogen and oxygen atoms in total. The fourth-order valence-electron chi connectivity index (χ4n) is 2.28. The molecule has 1 N–H and O–H groups in total. The standard InChI is InChI=1S/C20H19ClN2O5/c1-4-27-18-9-13(6-8-17(18)26-3)20(25)28-12(2)19(24)23-15-7-5-14(11-22)16(21)10-15/h5-10,12H,4H2,1-3H3,(H,23,24). The van der Waals surface area contributed by atoms with E-state index in [1.165, 1.54) is 44.4 Å². The first-order chi connectivity index (χ1) is 13.4. The topological polar surface area (TPSA) is 97.6 Å². The zero-order chi connectivity index (χ0) is 20.7. The minimum Gasteiger partial charge on any atom is -0.493 e. The number of carbonyl (C=O) groups is 2. The van der Waals surface area contributed by atoms with Crippen molar-refractivity contribution >= 4 is 29.2 Å². The van der Waals surface area contributed by atoms with Crippen LogP contribution in [-0.2, 0) is 9.53 Å². The van der Waals surface area contributed by atoms with Crippen molar-refractivity contribution in [2.24, 2.45) is 0 Å². The highest BCUT2D eigenvalue weighted by Crippen LogP contribution is 2.28. The molecule has 28 heavy (non-hydrogen) atoms. The van der Waals surface area contributed by atoms with Crippen molar-refractivity contribution in [3.63, 3.8) is 0 Å². The van der Waals surface area contributed by atoms with Gasteiger partial charge in [0.25, 0.3) is 5.91 Å². The Morgan fingerprint density at radius 1 is 1.21 bits per heavy atom. The molecule has 2 aromatic carbocycles. The maximum Gasteiger partial charge on any atom is 0.339 e. The lowest BCUT2D eigenvalue weighted by Gasteiger charge is -2.15. The van der Waals surface area contributed by atoms with Crippen LogP contribution < -0.4 is 14.8 Å². The van der Waals surface area contributed by atoms with Gasteiger partial charge in [0.15, 0.2) is 17.6 Å². The normalized spacial score (nSPS) is 11.1. The van der Waals surface area contributed by atoms with Gasteiger partial charge >= 0.3 is 5.97 Å². The van der Waals surface area contributed by atoms with Crippen molar-refractivity contribution in [2.45, 2.75) is 20.0 Å². The summed E-state index contributed by atoms with van der Waals surface area (Å²) in [5.41, 5.74) is 0.911. The van der Waals surface area contributed by atoms with Crippen LogP contribution in [0, 0.1) is 11.3 Å². The second-order valence-electron chi connectivity index (χ2n) is 5.64. The lowest BCUT2D eigenvalue weighted by molar-refractivity contribution is -0.123. The summed E-state index contributed by atoms with van der Waals surface area (Å²) in [6.07, 6.45) is -1.06. The maximum atomic E-state index is 12.3. The van der Waals surface area contributed by atoms with Gasteiger partial charge in [0.05, 0.1) is 29.9 Å². The first-order valence-electron chi connectivity index (χ1n) is 8.42. The number of rotatable bonds is 7. The molecule has 0 aromatic heterocycles. The molecule has 0 radical (unpaired) electrons. The molecule has 0 aliphatic carbocycles. The van der Waals surface area contributed by atoms with Gasteiger partial charge < -0.3 is 19.5 Å². The first-order valence-corrected chi connectivity index (χ1v) is 8.79. The zero-order valence-corrected chi connectivity index (χ0v) is 16.4. The fraction of sp³-hybridized carbons (Fsp3) is 0.250. The van der Waals surface area contributed by atoms with Gasteiger partial charge in [-0.05, 0) is 50.2 Å². The number of anilines is 1. The molecule has 0 spiro atoms. The number of carbonyl (C=O) groups excluding carboxylic acids is 2. The highest BCUT2D eigenvalue weighted by Gasteiger charge is 2.20. The van der Waals surface area contributed by atoms with Gasteiger partial charge in [-0.25, -0.2) is 4.79 Å². The second kappa shape index (κ2) is 9.62. The van der Waals surface area contributed by atoms with Crippen LogP contribution in [0.2, 0.25) is 5.02 Å². The van der Waals surface area contributed by atoms with E-state index >= 15 is 0 Å². The van der Waals surface area contributed by atoms with E-state index in [2.05, 4.69) is 5.32 Å². The summed E-state index contributed by atoms with van der Waals surface area (Å²) < 4.78 is 15.8. The van der Waals surface area contributed by atoms with E-state index in [1.54, 1.807) is 6.07 Å². The van der Waals surface area contributed by atoms with Gasteiger partial charge in [0.1, 0.15) is 6.07 Å². The smallest absolute Gasteiger partial charge is 0.339 e. The number of hydrogen-bond acceptors (Lipinski definition) is 6. The van der Waals surface area contributed by atoms with Gasteiger partial charge in [-0.2, -0.15) is 5.26 Å². The lowest BCUT2D eigenvalue weighted by Crippen LogP contribution is -2.30. The summed E-state index contributed by atoms with van der Waals surface area (Å²) >= 11 is 5.94. The summed E-state index contributed by atoms with van der Waals surface area (Å²) in [7, 11) is 1.50. The Labute approximate surface area is 167 Å². The van der Waals surface area contributed by atoms with Gasteiger partial charge in [0.2, 0.25) is 0 Å². The molecule has 2 aromatic rings. The molecule has 0 fully saturated rings. The number of ether oxygens (including phenoxy) is 3. The van der Waals surface area contributed by atoms with E-state index in [4.69, 9.17) is 31.1 Å². The predicted molar refractivity (Wildman–Crippen MR) is 104 cm³/mol. The molecular weight excluding hydrogens is 384 g/mol. The molecule has 0 aliphatic heterocycles. The van der Waals surface area contributed by atoms with Crippen LogP contribution in [0.5, 0.6) is 11.5 Å². The number of halogens is 1. The molecule has 0 heterocycles. The van der Waals surface area contributed by atoms with Gasteiger partial charge in [-0.1, -0.05) is 11.6 Å². The van der Waals surface area contributed by atoms with Crippen molar-refractivity contribution in [3.05, 3.63) is 52.5 Å². The minimum atomic E-state index is -1.06. The van der Waals surface area contributed by atoms with Crippen LogP contribution in [0.25, 0.3) is 0 Å². The molecular formula is C20H19ClN2O5. The average molecular weight is 403 g/mol. The Kier molecular flexibility index (Phi) is 7.24. The SMILES string of the molecule is CCOc1cc(C(=O)OC(C)C(=O)Nc2ccc(C#N)c(Cl)c2)ccc1OC. The first kappa shape index (κ1) is 21.1. The summed E-state index contributed by atoms with van der Waals surface area (Å²) in [4.78, 5) is 24.6. The number of esters is 1. The maximum absolute atomic E-state index is 12.3. The summed E-state index contributed by atoms with van der Waals surface area (Å²) in [5.74, 6) is -0.317. The van der Waals surface area contributed by atoms with E-state index in [0.717, 1.165) is 0 Å². The Morgan fingerprint density at radius 2 is 1.96 bits per heavy atom. The van der Waals surface area contributed by atoms with E-state index < -0.39 is 18.0 Å². The van der Waals surface area contributed by atoms with Crippen molar-refractivity contribution in [1.29, 1.82) is 5.26 Å². The molecule has 0 saturated heterocycles. The van der Waals surface area contributed by atoms with E-state index in [0.29, 0.717) is 29.4 Å². The molecule has 1 unspecified atom stereocenters. The number of nitrogens with zero attached hydrogens (tertiary/aromatic N) is 1. The third-order valence-corrected chi connectivity index (χ3v) is 4.02. The fourth-order valence-corrected chi connectivity index (χ4v) is 2.50. The molecule has 0 saturated carbocycles. The van der Waals surface area contributed by atoms with Gasteiger partial charge in [0, 0.05) is 5.69 Å². The minimum absolute atomic E-state index is 0.214. The number of methoxy groups -OCH3 is 1. The summed E-state index contributed by atoms with van der Waals surface area (Å²) in [5, 5.41) is 11.7. The Hall–Kier alpha value is -3.24. The van der Waals surface area contributed by atoms with Gasteiger partial charge in [-0.15, -0.1) is 0 Å². The molecule has 2 rings (SSSR count). The number of nitrogens with one attached hydrogen (secondary N) is 1. The van der Waals surface area contributed by atoms with Crippen molar-refractivity contribution in [3.8, 4) is 17.6 Å². The van der Waals surface area contributed by atoms with Crippen LogP contribution in [0.15, 0.2) is 36.4 Å². The van der Waals surface area contributed by atoms with E-state index in [-0.39, 0.29) is 10.6 Å². The largest absolute Gasteiger partial charge is 0.493 e. The Bertz CT molecular complexity index is 923. The monoisotopic (exact) mass is 402 g/mol. The Morgan fingerprint density at radius 3 is 2.57 bits per heavy atom. The molecule has 8 heteroatoms. The van der Waals surface area contributed by atoms with E-state index in [9.17, 15) is 9.59 Å². The number of amides is 1. The highest BCUT2D eigenvalue weighted by molar-refractivity contribution is 6.32. The predicted octanol–water partition coefficient (Wildman–Crippen LogP) is 3.80. The summed E-state index contributed by atoms with van der Waals surface area (Å²) in [6, 6.07) is 11.0. The van der Waals surface area contributed by atoms with Gasteiger partial charge in [-0.3, -0.25) is 4.79 Å². The molecule has 0 aliphatic rings. The quantitative estimate of drug-likeness (QED) is 0.707. The van der Waals surface area contributed by atoms with Crippen LogP contribution in [0.1, 0.15) is 29.8 Å². The van der Waals surface area contributed by atoms with Crippen LogP contribution in [-0.4, -0.2) is 31.7 Å². The van der Waals surface area contributed by atoms with Crippen LogP contribution >= 0.6 is 11.6 Å². The van der Waals surface area contributed by atoms with Crippen molar-refractivity contribution < 1.29 is 23.8 Å². The second-order valence-corrected chi connectivity index (χ2v) is 6.05. The highest BCUT2D eigenvalue weighted by atomic mass is 35.5. The van der Waals surface area contributed by atoms with E-state index in [1.807, 2.05) is 13.0 Å². The number of benzene rings is 2. The third kappa shape index (κ3) is 5.15. The molecule has 146 valence electrons. The zero-order valence-electron chi connectivity index (χ0n) is 15.6. The number of hydrogen-bond donors (Lipinski definition) is 1. The molecule has 0 bridgehead atoms. The van der Waals surface area contributed by atoms with Crippen molar-refractivity contribution in [1.82, 2.24) is 0 Å². The lowest BCUT2D eigenvalue weighted by atomic mass is 10.2. The Balaban J connectivity index is 2.05. The third-order valence-electron chi connectivity index (χ3n) is 3.71.